The Morgan fingerprint density at radius 2 is 2.33 bits per heavy atom. The van der Waals surface area contributed by atoms with Gasteiger partial charge in [-0.15, -0.1) is 11.3 Å². The Morgan fingerprint density at radius 3 is 3.00 bits per heavy atom. The predicted octanol–water partition coefficient (Wildman–Crippen LogP) is 1.39. The first kappa shape index (κ1) is 11.7. The molecule has 0 bridgehead atoms. The smallest absolute Gasteiger partial charge is 0.310 e. The minimum absolute atomic E-state index is 0.526. The van der Waals surface area contributed by atoms with Gasteiger partial charge in [-0.25, -0.2) is 4.98 Å². The SMILES string of the molecule is O=C(O)C1(Cc2cn3ccsc3n2)CCNCC1. The highest BCUT2D eigenvalue weighted by molar-refractivity contribution is 7.15. The van der Waals surface area contributed by atoms with E-state index in [1.807, 2.05) is 22.2 Å². The minimum atomic E-state index is -0.694. The summed E-state index contributed by atoms with van der Waals surface area (Å²) in [5.74, 6) is -0.694. The zero-order chi connectivity index (χ0) is 12.6. The van der Waals surface area contributed by atoms with Gasteiger partial charge in [0.05, 0.1) is 11.1 Å². The van der Waals surface area contributed by atoms with Crippen LogP contribution in [-0.2, 0) is 11.2 Å². The number of hydrogen-bond donors (Lipinski definition) is 2. The summed E-state index contributed by atoms with van der Waals surface area (Å²) >= 11 is 1.57. The molecule has 2 N–H and O–H groups in total. The number of carboxylic acid groups (broad SMARTS) is 1. The third-order valence-electron chi connectivity index (χ3n) is 3.68. The van der Waals surface area contributed by atoms with Crippen molar-refractivity contribution in [3.8, 4) is 0 Å². The Kier molecular flexibility index (Phi) is 2.83. The molecule has 96 valence electrons. The monoisotopic (exact) mass is 265 g/mol. The summed E-state index contributed by atoms with van der Waals surface area (Å²) in [5.41, 5.74) is 0.237. The second kappa shape index (κ2) is 4.37. The van der Waals surface area contributed by atoms with Crippen molar-refractivity contribution in [1.82, 2.24) is 14.7 Å². The summed E-state index contributed by atoms with van der Waals surface area (Å²) in [6.45, 7) is 1.54. The molecule has 0 saturated carbocycles. The van der Waals surface area contributed by atoms with Gasteiger partial charge in [-0.1, -0.05) is 0 Å². The van der Waals surface area contributed by atoms with Crippen LogP contribution in [0.15, 0.2) is 17.8 Å². The summed E-state index contributed by atoms with van der Waals surface area (Å²) in [6.07, 6.45) is 5.77. The largest absolute Gasteiger partial charge is 0.481 e. The zero-order valence-electron chi connectivity index (χ0n) is 9.93. The number of imidazole rings is 1. The van der Waals surface area contributed by atoms with Crippen molar-refractivity contribution < 1.29 is 9.90 Å². The fourth-order valence-corrected chi connectivity index (χ4v) is 3.30. The van der Waals surface area contributed by atoms with E-state index < -0.39 is 11.4 Å². The van der Waals surface area contributed by atoms with Gasteiger partial charge in [0.2, 0.25) is 0 Å². The van der Waals surface area contributed by atoms with E-state index in [4.69, 9.17) is 0 Å². The summed E-state index contributed by atoms with van der Waals surface area (Å²) in [6, 6.07) is 0. The average molecular weight is 265 g/mol. The first-order valence-electron chi connectivity index (χ1n) is 6.05. The van der Waals surface area contributed by atoms with Crippen molar-refractivity contribution in [1.29, 1.82) is 0 Å². The van der Waals surface area contributed by atoms with Gasteiger partial charge >= 0.3 is 5.97 Å². The average Bonchev–Trinajstić information content (AvgIpc) is 2.90. The molecule has 0 spiro atoms. The molecule has 18 heavy (non-hydrogen) atoms. The fraction of sp³-hybridized carbons (Fsp3) is 0.500. The van der Waals surface area contributed by atoms with Gasteiger partial charge in [-0.2, -0.15) is 0 Å². The Labute approximate surface area is 108 Å². The number of nitrogens with zero attached hydrogens (tertiary/aromatic N) is 2. The van der Waals surface area contributed by atoms with Gasteiger partial charge in [-0.05, 0) is 25.9 Å². The van der Waals surface area contributed by atoms with E-state index in [0.717, 1.165) is 23.7 Å². The molecule has 1 fully saturated rings. The zero-order valence-corrected chi connectivity index (χ0v) is 10.7. The highest BCUT2D eigenvalue weighted by Crippen LogP contribution is 2.33. The van der Waals surface area contributed by atoms with Crippen LogP contribution in [0.25, 0.3) is 4.96 Å². The molecule has 1 aliphatic rings. The van der Waals surface area contributed by atoms with Crippen LogP contribution in [0.3, 0.4) is 0 Å². The maximum absolute atomic E-state index is 11.6. The maximum Gasteiger partial charge on any atom is 0.310 e. The quantitative estimate of drug-likeness (QED) is 0.880. The Bertz CT molecular complexity index is 540. The number of fused-ring (bicyclic) bond motifs is 1. The molecular formula is C12H15N3O2S. The highest BCUT2D eigenvalue weighted by atomic mass is 32.1. The van der Waals surface area contributed by atoms with Crippen LogP contribution in [0.4, 0.5) is 0 Å². The van der Waals surface area contributed by atoms with Gasteiger partial charge in [-0.3, -0.25) is 9.20 Å². The molecule has 3 heterocycles. The van der Waals surface area contributed by atoms with Gasteiger partial charge in [0.15, 0.2) is 4.96 Å². The van der Waals surface area contributed by atoms with E-state index in [9.17, 15) is 9.90 Å². The van der Waals surface area contributed by atoms with Crippen molar-refractivity contribution in [3.05, 3.63) is 23.5 Å². The number of carboxylic acids is 1. The Balaban J connectivity index is 1.88. The Hall–Kier alpha value is -1.40. The van der Waals surface area contributed by atoms with E-state index in [-0.39, 0.29) is 0 Å². The van der Waals surface area contributed by atoms with Crippen LogP contribution in [-0.4, -0.2) is 33.6 Å². The first-order chi connectivity index (χ1) is 8.70. The number of aliphatic carboxylic acids is 1. The molecule has 5 nitrogen and oxygen atoms in total. The maximum atomic E-state index is 11.6. The lowest BCUT2D eigenvalue weighted by atomic mass is 9.75. The van der Waals surface area contributed by atoms with E-state index in [1.165, 1.54) is 0 Å². The van der Waals surface area contributed by atoms with Gasteiger partial charge < -0.3 is 10.4 Å². The normalized spacial score (nSPS) is 19.1. The lowest BCUT2D eigenvalue weighted by Gasteiger charge is -2.32. The molecular weight excluding hydrogens is 250 g/mol. The standard InChI is InChI=1S/C12H15N3O2S/c16-10(17)12(1-3-13-4-2-12)7-9-8-15-5-6-18-11(15)14-9/h5-6,8,13H,1-4,7H2,(H,16,17). The number of nitrogens with one attached hydrogen (secondary N) is 1. The van der Waals surface area contributed by atoms with Gasteiger partial charge in [0, 0.05) is 24.2 Å². The highest BCUT2D eigenvalue weighted by Gasteiger charge is 2.40. The molecule has 1 aliphatic heterocycles. The van der Waals surface area contributed by atoms with Crippen molar-refractivity contribution in [3.63, 3.8) is 0 Å². The molecule has 1 saturated heterocycles. The molecule has 0 radical (unpaired) electrons. The number of thiazole rings is 1. The van der Waals surface area contributed by atoms with Crippen LogP contribution >= 0.6 is 11.3 Å². The van der Waals surface area contributed by atoms with Crippen LogP contribution in [0.2, 0.25) is 0 Å². The van der Waals surface area contributed by atoms with E-state index in [1.54, 1.807) is 11.3 Å². The molecule has 0 unspecified atom stereocenters. The van der Waals surface area contributed by atoms with E-state index >= 15 is 0 Å². The van der Waals surface area contributed by atoms with Crippen LogP contribution < -0.4 is 5.32 Å². The molecule has 3 rings (SSSR count). The minimum Gasteiger partial charge on any atom is -0.481 e. The van der Waals surface area contributed by atoms with Crippen molar-refractivity contribution in [2.45, 2.75) is 19.3 Å². The molecule has 6 heteroatoms. The van der Waals surface area contributed by atoms with E-state index in [2.05, 4.69) is 10.3 Å². The molecule has 2 aromatic heterocycles. The van der Waals surface area contributed by atoms with E-state index in [0.29, 0.717) is 19.3 Å². The summed E-state index contributed by atoms with van der Waals surface area (Å²) in [5, 5.41) is 14.7. The van der Waals surface area contributed by atoms with Crippen molar-refractivity contribution in [2.24, 2.45) is 5.41 Å². The first-order valence-corrected chi connectivity index (χ1v) is 6.93. The third kappa shape index (κ3) is 1.91. The molecule has 0 amide bonds. The topological polar surface area (TPSA) is 66.6 Å². The van der Waals surface area contributed by atoms with Crippen molar-refractivity contribution >= 4 is 22.3 Å². The Morgan fingerprint density at radius 1 is 1.56 bits per heavy atom. The lowest BCUT2D eigenvalue weighted by Crippen LogP contribution is -2.43. The second-order valence-electron chi connectivity index (χ2n) is 4.84. The van der Waals surface area contributed by atoms with Crippen LogP contribution in [0.5, 0.6) is 0 Å². The molecule has 2 aromatic rings. The molecule has 0 atom stereocenters. The number of aromatic nitrogens is 2. The second-order valence-corrected chi connectivity index (χ2v) is 5.71. The van der Waals surface area contributed by atoms with Crippen LogP contribution in [0.1, 0.15) is 18.5 Å². The molecule has 0 aromatic carbocycles. The predicted molar refractivity (Wildman–Crippen MR) is 68.9 cm³/mol. The van der Waals surface area contributed by atoms with Crippen molar-refractivity contribution in [2.75, 3.05) is 13.1 Å². The summed E-state index contributed by atoms with van der Waals surface area (Å²) in [7, 11) is 0. The third-order valence-corrected chi connectivity index (χ3v) is 4.45. The lowest BCUT2D eigenvalue weighted by molar-refractivity contribution is -0.150. The van der Waals surface area contributed by atoms with Gasteiger partial charge in [0.25, 0.3) is 0 Å². The van der Waals surface area contributed by atoms with Gasteiger partial charge in [0.1, 0.15) is 0 Å². The number of carbonyl (C=O) groups is 1. The summed E-state index contributed by atoms with van der Waals surface area (Å²) in [4.78, 5) is 17.0. The van der Waals surface area contributed by atoms with Crippen LogP contribution in [0, 0.1) is 5.41 Å². The number of piperidine rings is 1. The number of rotatable bonds is 3. The number of hydrogen-bond acceptors (Lipinski definition) is 4. The summed E-state index contributed by atoms with van der Waals surface area (Å²) < 4.78 is 1.95. The molecule has 0 aliphatic carbocycles. The fourth-order valence-electron chi connectivity index (χ4n) is 2.58.